The highest BCUT2D eigenvalue weighted by atomic mass is 16.5. The van der Waals surface area contributed by atoms with Crippen LogP contribution in [0.1, 0.15) is 49.2 Å². The molecule has 0 saturated carbocycles. The number of Topliss-reactive ketones (excluding diaryl/α,β-unsaturated/α-hetero) is 1. The quantitative estimate of drug-likeness (QED) is 0.844. The molecule has 0 bridgehead atoms. The van der Waals surface area contributed by atoms with Crippen LogP contribution >= 0.6 is 0 Å². The van der Waals surface area contributed by atoms with Crippen molar-refractivity contribution in [3.63, 3.8) is 0 Å². The van der Waals surface area contributed by atoms with Crippen LogP contribution in [0.25, 0.3) is 0 Å². The third kappa shape index (κ3) is 4.39. The highest BCUT2D eigenvalue weighted by Crippen LogP contribution is 2.40. The summed E-state index contributed by atoms with van der Waals surface area (Å²) in [6, 6.07) is 12.3. The van der Waals surface area contributed by atoms with Crippen molar-refractivity contribution in [2.45, 2.75) is 38.8 Å². The van der Waals surface area contributed by atoms with Crippen molar-refractivity contribution in [2.24, 2.45) is 0 Å². The van der Waals surface area contributed by atoms with Crippen molar-refractivity contribution in [2.75, 3.05) is 6.61 Å². The summed E-state index contributed by atoms with van der Waals surface area (Å²) < 4.78 is 11.3. The van der Waals surface area contributed by atoms with Gasteiger partial charge in [0.15, 0.2) is 12.4 Å². The van der Waals surface area contributed by atoms with E-state index in [0.717, 1.165) is 5.56 Å². The van der Waals surface area contributed by atoms with Crippen molar-refractivity contribution in [1.29, 1.82) is 0 Å². The molecule has 1 atom stereocenters. The van der Waals surface area contributed by atoms with Gasteiger partial charge in [-0.25, -0.2) is 0 Å². The molecule has 2 aromatic carbocycles. The normalized spacial score (nSPS) is 16.0. The van der Waals surface area contributed by atoms with E-state index < -0.39 is 5.60 Å². The number of amides is 1. The van der Waals surface area contributed by atoms with E-state index >= 15 is 0 Å². The number of fused-ring (bicyclic) bond motifs is 1. The van der Waals surface area contributed by atoms with Gasteiger partial charge in [-0.15, -0.1) is 0 Å². The average molecular weight is 369 g/mol. The van der Waals surface area contributed by atoms with Crippen LogP contribution in [-0.4, -0.2) is 29.0 Å². The molecule has 1 aliphatic heterocycles. The number of ether oxygens (including phenoxy) is 2. The zero-order valence-corrected chi connectivity index (χ0v) is 15.6. The number of carbonyl (C=O) groups is 2. The summed E-state index contributed by atoms with van der Waals surface area (Å²) in [7, 11) is 0. The van der Waals surface area contributed by atoms with Gasteiger partial charge in [0.05, 0.1) is 12.5 Å². The van der Waals surface area contributed by atoms with Crippen LogP contribution in [-0.2, 0) is 4.79 Å². The van der Waals surface area contributed by atoms with Gasteiger partial charge in [-0.05, 0) is 26.3 Å². The fourth-order valence-electron chi connectivity index (χ4n) is 3.09. The maximum atomic E-state index is 12.2. The third-order valence-corrected chi connectivity index (χ3v) is 4.35. The summed E-state index contributed by atoms with van der Waals surface area (Å²) >= 11 is 0. The number of carbonyl (C=O) groups excluding carboxylic acids is 2. The lowest BCUT2D eigenvalue weighted by Crippen LogP contribution is -2.36. The van der Waals surface area contributed by atoms with Crippen LogP contribution in [0, 0.1) is 0 Å². The molecule has 6 heteroatoms. The van der Waals surface area contributed by atoms with Gasteiger partial charge in [-0.2, -0.15) is 0 Å². The molecule has 2 N–H and O–H groups in total. The smallest absolute Gasteiger partial charge is 0.258 e. The topological polar surface area (TPSA) is 84.9 Å². The van der Waals surface area contributed by atoms with E-state index in [1.54, 1.807) is 13.8 Å². The SMILES string of the molecule is C[C@@H](NC(=O)COc1cc(O)c2c(c1)OC(C)(C)CC2=O)c1ccccc1. The minimum absolute atomic E-state index is 0.152. The second kappa shape index (κ2) is 7.31. The van der Waals surface area contributed by atoms with Gasteiger partial charge in [-0.1, -0.05) is 30.3 Å². The standard InChI is InChI=1S/C21H23NO5/c1-13(14-7-5-4-6-8-14)22-19(25)12-26-15-9-16(23)20-17(24)11-21(2,3)27-18(20)10-15/h4-10,13,23H,11-12H2,1-3H3,(H,22,25)/t13-/m1/s1. The fourth-order valence-corrected chi connectivity index (χ4v) is 3.09. The Hall–Kier alpha value is -3.02. The zero-order valence-electron chi connectivity index (χ0n) is 15.6. The van der Waals surface area contributed by atoms with Crippen molar-refractivity contribution in [3.05, 3.63) is 53.6 Å². The third-order valence-electron chi connectivity index (χ3n) is 4.35. The second-order valence-corrected chi connectivity index (χ2v) is 7.27. The number of ketones is 1. The largest absolute Gasteiger partial charge is 0.507 e. The van der Waals surface area contributed by atoms with Crippen molar-refractivity contribution < 1.29 is 24.2 Å². The molecule has 0 radical (unpaired) electrons. The predicted octanol–water partition coefficient (Wildman–Crippen LogP) is 3.39. The molecule has 142 valence electrons. The number of nitrogens with one attached hydrogen (secondary N) is 1. The molecule has 1 aliphatic rings. The number of hydrogen-bond donors (Lipinski definition) is 2. The Balaban J connectivity index is 1.66. The molecule has 27 heavy (non-hydrogen) atoms. The van der Waals surface area contributed by atoms with E-state index in [1.165, 1.54) is 12.1 Å². The molecule has 0 saturated heterocycles. The number of aromatic hydroxyl groups is 1. The lowest BCUT2D eigenvalue weighted by molar-refractivity contribution is -0.123. The first kappa shape index (κ1) is 18.8. The van der Waals surface area contributed by atoms with Crippen LogP contribution in [0.5, 0.6) is 17.2 Å². The Labute approximate surface area is 158 Å². The fraction of sp³-hybridized carbons (Fsp3) is 0.333. The van der Waals surface area contributed by atoms with Crippen LogP contribution in [0.2, 0.25) is 0 Å². The van der Waals surface area contributed by atoms with Gasteiger partial charge in [0.2, 0.25) is 0 Å². The van der Waals surface area contributed by atoms with Gasteiger partial charge in [0.25, 0.3) is 5.91 Å². The number of phenols is 1. The van der Waals surface area contributed by atoms with E-state index in [4.69, 9.17) is 9.47 Å². The number of rotatable bonds is 5. The maximum absolute atomic E-state index is 12.2. The van der Waals surface area contributed by atoms with E-state index in [2.05, 4.69) is 5.32 Å². The lowest BCUT2D eigenvalue weighted by Gasteiger charge is -2.32. The predicted molar refractivity (Wildman–Crippen MR) is 100 cm³/mol. The van der Waals surface area contributed by atoms with Gasteiger partial charge < -0.3 is 19.9 Å². The molecular weight excluding hydrogens is 346 g/mol. The molecule has 0 spiro atoms. The molecule has 3 rings (SSSR count). The minimum Gasteiger partial charge on any atom is -0.507 e. The molecule has 0 fully saturated rings. The lowest BCUT2D eigenvalue weighted by atomic mass is 9.92. The molecule has 6 nitrogen and oxygen atoms in total. The molecule has 0 aromatic heterocycles. The van der Waals surface area contributed by atoms with E-state index in [0.29, 0.717) is 0 Å². The molecular formula is C21H23NO5. The number of hydrogen-bond acceptors (Lipinski definition) is 5. The molecule has 1 amide bonds. The summed E-state index contributed by atoms with van der Waals surface area (Å²) in [5, 5.41) is 13.0. The average Bonchev–Trinajstić information content (AvgIpc) is 2.58. The second-order valence-electron chi connectivity index (χ2n) is 7.27. The monoisotopic (exact) mass is 369 g/mol. The maximum Gasteiger partial charge on any atom is 0.258 e. The summed E-state index contributed by atoms with van der Waals surface area (Å²) in [5.41, 5.74) is 0.493. The minimum atomic E-state index is -0.655. The Morgan fingerprint density at radius 1 is 1.30 bits per heavy atom. The van der Waals surface area contributed by atoms with Gasteiger partial charge in [0, 0.05) is 12.1 Å². The van der Waals surface area contributed by atoms with E-state index in [-0.39, 0.29) is 53.6 Å². The van der Waals surface area contributed by atoms with Gasteiger partial charge in [-0.3, -0.25) is 9.59 Å². The summed E-state index contributed by atoms with van der Waals surface area (Å²) in [6.07, 6.45) is 0.188. The van der Waals surface area contributed by atoms with Crippen molar-refractivity contribution >= 4 is 11.7 Å². The highest BCUT2D eigenvalue weighted by Gasteiger charge is 2.35. The molecule has 2 aromatic rings. The summed E-state index contributed by atoms with van der Waals surface area (Å²) in [4.78, 5) is 24.4. The van der Waals surface area contributed by atoms with Crippen LogP contribution < -0.4 is 14.8 Å². The van der Waals surface area contributed by atoms with Crippen LogP contribution in [0.15, 0.2) is 42.5 Å². The first-order chi connectivity index (χ1) is 12.7. The van der Waals surface area contributed by atoms with E-state index in [1.807, 2.05) is 37.3 Å². The van der Waals surface area contributed by atoms with Crippen molar-refractivity contribution in [1.82, 2.24) is 5.32 Å². The molecule has 0 unspecified atom stereocenters. The Morgan fingerprint density at radius 2 is 2.00 bits per heavy atom. The number of benzene rings is 2. The summed E-state index contributed by atoms with van der Waals surface area (Å²) in [5.74, 6) is -0.148. The summed E-state index contributed by atoms with van der Waals surface area (Å²) in [6.45, 7) is 5.28. The molecule has 0 aliphatic carbocycles. The van der Waals surface area contributed by atoms with Gasteiger partial charge in [0.1, 0.15) is 28.4 Å². The Morgan fingerprint density at radius 3 is 2.70 bits per heavy atom. The Kier molecular flexibility index (Phi) is 5.08. The van der Waals surface area contributed by atoms with Gasteiger partial charge >= 0.3 is 0 Å². The molecule has 1 heterocycles. The van der Waals surface area contributed by atoms with E-state index in [9.17, 15) is 14.7 Å². The van der Waals surface area contributed by atoms with Crippen LogP contribution in [0.4, 0.5) is 0 Å². The zero-order chi connectivity index (χ0) is 19.6. The first-order valence-corrected chi connectivity index (χ1v) is 8.81. The highest BCUT2D eigenvalue weighted by molar-refractivity contribution is 6.03. The van der Waals surface area contributed by atoms with Crippen molar-refractivity contribution in [3.8, 4) is 17.2 Å². The van der Waals surface area contributed by atoms with Crippen LogP contribution in [0.3, 0.4) is 0 Å². The first-order valence-electron chi connectivity index (χ1n) is 8.81. The number of phenolic OH excluding ortho intramolecular Hbond substituents is 1. The Bertz CT molecular complexity index is 860.